The van der Waals surface area contributed by atoms with Crippen LogP contribution in [0.3, 0.4) is 0 Å². The molecule has 4 aromatic rings. The van der Waals surface area contributed by atoms with Gasteiger partial charge in [-0.1, -0.05) is 49.6 Å². The predicted molar refractivity (Wildman–Crippen MR) is 129 cm³/mol. The van der Waals surface area contributed by atoms with Crippen molar-refractivity contribution in [1.29, 1.82) is 0 Å². The summed E-state index contributed by atoms with van der Waals surface area (Å²) in [4.78, 5) is 12.7. The Kier molecular flexibility index (Phi) is 3.71. The van der Waals surface area contributed by atoms with Crippen LogP contribution in [-0.2, 0) is 11.8 Å². The summed E-state index contributed by atoms with van der Waals surface area (Å²) in [5.74, 6) is 2.29. The molecule has 1 spiro atoms. The van der Waals surface area contributed by atoms with Gasteiger partial charge in [-0.3, -0.25) is 4.57 Å². The molecule has 32 heavy (non-hydrogen) atoms. The second-order valence-corrected chi connectivity index (χ2v) is 9.91. The first-order valence-electron chi connectivity index (χ1n) is 12.0. The molecule has 0 saturated heterocycles. The Labute approximate surface area is 188 Å². The van der Waals surface area contributed by atoms with Crippen molar-refractivity contribution in [3.63, 3.8) is 0 Å². The molecule has 0 amide bonds. The van der Waals surface area contributed by atoms with Gasteiger partial charge in [0.05, 0.1) is 16.9 Å². The van der Waals surface area contributed by atoms with Gasteiger partial charge in [-0.15, -0.1) is 0 Å². The number of aryl methyl sites for hydroxylation is 1. The second-order valence-electron chi connectivity index (χ2n) is 9.91. The molecule has 2 aromatic carbocycles. The fourth-order valence-electron chi connectivity index (χ4n) is 6.82. The molecule has 2 aromatic heterocycles. The van der Waals surface area contributed by atoms with E-state index < -0.39 is 0 Å². The van der Waals surface area contributed by atoms with Crippen LogP contribution < -0.4 is 4.90 Å². The van der Waals surface area contributed by atoms with Crippen LogP contribution in [0.15, 0.2) is 54.7 Å². The maximum absolute atomic E-state index is 5.25. The Balaban J connectivity index is 1.48. The summed E-state index contributed by atoms with van der Waals surface area (Å²) >= 11 is 0. The number of rotatable bonds is 1. The lowest BCUT2D eigenvalue weighted by Crippen LogP contribution is -2.42. The highest BCUT2D eigenvalue weighted by molar-refractivity contribution is 5.96. The van der Waals surface area contributed by atoms with Crippen molar-refractivity contribution in [3.8, 4) is 5.69 Å². The lowest BCUT2D eigenvalue weighted by molar-refractivity contribution is 0.268. The van der Waals surface area contributed by atoms with Gasteiger partial charge < -0.3 is 4.90 Å². The van der Waals surface area contributed by atoms with E-state index in [4.69, 9.17) is 9.97 Å². The van der Waals surface area contributed by atoms with E-state index in [-0.39, 0.29) is 5.41 Å². The van der Waals surface area contributed by atoms with E-state index in [1.54, 1.807) is 0 Å². The highest BCUT2D eigenvalue weighted by Crippen LogP contribution is 2.55. The van der Waals surface area contributed by atoms with Gasteiger partial charge in [-0.25, -0.2) is 9.97 Å². The quantitative estimate of drug-likeness (QED) is 0.316. The Morgan fingerprint density at radius 3 is 2.69 bits per heavy atom. The summed E-state index contributed by atoms with van der Waals surface area (Å²) in [6.07, 6.45) is 9.34. The molecule has 4 heterocycles. The zero-order chi connectivity index (χ0) is 21.4. The molecular formula is C28H28N4. The molecule has 1 atom stereocenters. The Morgan fingerprint density at radius 2 is 1.81 bits per heavy atom. The zero-order valence-corrected chi connectivity index (χ0v) is 18.8. The van der Waals surface area contributed by atoms with E-state index in [1.807, 2.05) is 6.20 Å². The monoisotopic (exact) mass is 420 g/mol. The van der Waals surface area contributed by atoms with Crippen LogP contribution in [-0.4, -0.2) is 20.6 Å². The van der Waals surface area contributed by atoms with Crippen molar-refractivity contribution in [2.45, 2.75) is 63.8 Å². The second kappa shape index (κ2) is 6.44. The standard InChI is InChI=1S/C28H28N4/c1-18-12-13-23-25(30-24-17-20-9-4-5-11-22(20)32(23)24)26(18)31-19(2)28(14-6-3-7-15-28)21-10-8-16-29-27(21)31/h4-5,8-13,16,19H,3,6-7,14-15,17H2,1-2H3. The van der Waals surface area contributed by atoms with Crippen molar-refractivity contribution >= 4 is 22.5 Å². The summed E-state index contributed by atoms with van der Waals surface area (Å²) < 4.78 is 2.37. The number of hydrogen-bond acceptors (Lipinski definition) is 3. The molecule has 7 rings (SSSR count). The van der Waals surface area contributed by atoms with Crippen molar-refractivity contribution in [2.24, 2.45) is 0 Å². The Bertz CT molecular complexity index is 1380. The predicted octanol–water partition coefficient (Wildman–Crippen LogP) is 6.38. The van der Waals surface area contributed by atoms with Crippen LogP contribution in [0, 0.1) is 6.92 Å². The van der Waals surface area contributed by atoms with Gasteiger partial charge in [-0.2, -0.15) is 0 Å². The van der Waals surface area contributed by atoms with E-state index in [2.05, 4.69) is 71.8 Å². The van der Waals surface area contributed by atoms with Gasteiger partial charge >= 0.3 is 0 Å². The number of imidazole rings is 1. The highest BCUT2D eigenvalue weighted by atomic mass is 15.3. The third-order valence-corrected chi connectivity index (χ3v) is 8.38. The molecule has 0 N–H and O–H groups in total. The first-order chi connectivity index (χ1) is 15.7. The van der Waals surface area contributed by atoms with Crippen LogP contribution >= 0.6 is 0 Å². The average molecular weight is 421 g/mol. The lowest BCUT2D eigenvalue weighted by atomic mass is 9.67. The molecule has 1 fully saturated rings. The van der Waals surface area contributed by atoms with Gasteiger partial charge in [0.25, 0.3) is 0 Å². The number of benzene rings is 2. The first-order valence-corrected chi connectivity index (χ1v) is 12.0. The Hall–Kier alpha value is -3.14. The molecule has 0 radical (unpaired) electrons. The molecule has 0 bridgehead atoms. The first kappa shape index (κ1) is 18.4. The summed E-state index contributed by atoms with van der Waals surface area (Å²) in [5.41, 5.74) is 9.13. The van der Waals surface area contributed by atoms with Gasteiger partial charge in [0.15, 0.2) is 0 Å². The maximum Gasteiger partial charge on any atom is 0.137 e. The molecule has 1 saturated carbocycles. The largest absolute Gasteiger partial charge is 0.320 e. The molecule has 1 aliphatic carbocycles. The van der Waals surface area contributed by atoms with Gasteiger partial charge in [-0.05, 0) is 56.0 Å². The fraction of sp³-hybridized carbons (Fsp3) is 0.357. The number of hydrogen-bond donors (Lipinski definition) is 0. The minimum Gasteiger partial charge on any atom is -0.320 e. The Morgan fingerprint density at radius 1 is 0.969 bits per heavy atom. The number of aromatic nitrogens is 3. The highest BCUT2D eigenvalue weighted by Gasteiger charge is 2.50. The summed E-state index contributed by atoms with van der Waals surface area (Å²) in [7, 11) is 0. The minimum atomic E-state index is 0.200. The smallest absolute Gasteiger partial charge is 0.137 e. The number of fused-ring (bicyclic) bond motifs is 7. The van der Waals surface area contributed by atoms with Crippen LogP contribution in [0.4, 0.5) is 11.5 Å². The molecule has 4 nitrogen and oxygen atoms in total. The minimum absolute atomic E-state index is 0.200. The normalized spacial score (nSPS) is 20.6. The van der Waals surface area contributed by atoms with E-state index in [0.29, 0.717) is 6.04 Å². The van der Waals surface area contributed by atoms with Crippen molar-refractivity contribution < 1.29 is 0 Å². The molecule has 4 heteroatoms. The van der Waals surface area contributed by atoms with Crippen molar-refractivity contribution in [2.75, 3.05) is 4.90 Å². The SMILES string of the molecule is Cc1ccc2c(nc3n2-c2ccccc2C3)c1N1c2ncccc2C2(CCCCC2)C1C. The summed E-state index contributed by atoms with van der Waals surface area (Å²) in [6, 6.07) is 18.1. The molecule has 3 aliphatic rings. The molecule has 1 unspecified atom stereocenters. The van der Waals surface area contributed by atoms with E-state index >= 15 is 0 Å². The van der Waals surface area contributed by atoms with Crippen LogP contribution in [0.2, 0.25) is 0 Å². The van der Waals surface area contributed by atoms with Gasteiger partial charge in [0, 0.05) is 29.6 Å². The maximum atomic E-state index is 5.25. The molecule has 2 aliphatic heterocycles. The number of para-hydroxylation sites is 1. The van der Waals surface area contributed by atoms with Crippen LogP contribution in [0.5, 0.6) is 0 Å². The molecule has 160 valence electrons. The lowest BCUT2D eigenvalue weighted by Gasteiger charge is -2.40. The zero-order valence-electron chi connectivity index (χ0n) is 18.8. The van der Waals surface area contributed by atoms with Gasteiger partial charge in [0.1, 0.15) is 17.2 Å². The van der Waals surface area contributed by atoms with Crippen molar-refractivity contribution in [3.05, 3.63) is 77.2 Å². The van der Waals surface area contributed by atoms with E-state index in [1.165, 1.54) is 65.7 Å². The number of anilines is 2. The topological polar surface area (TPSA) is 34.0 Å². The van der Waals surface area contributed by atoms with E-state index in [9.17, 15) is 0 Å². The summed E-state index contributed by atoms with van der Waals surface area (Å²) in [5, 5.41) is 0. The van der Waals surface area contributed by atoms with Crippen LogP contribution in [0.1, 0.15) is 61.5 Å². The third-order valence-electron chi connectivity index (χ3n) is 8.38. The summed E-state index contributed by atoms with van der Waals surface area (Å²) in [6.45, 7) is 4.65. The van der Waals surface area contributed by atoms with Crippen molar-refractivity contribution in [1.82, 2.24) is 14.5 Å². The van der Waals surface area contributed by atoms with E-state index in [0.717, 1.165) is 23.6 Å². The fourth-order valence-corrected chi connectivity index (χ4v) is 6.82. The molecular weight excluding hydrogens is 392 g/mol. The van der Waals surface area contributed by atoms with Crippen LogP contribution in [0.25, 0.3) is 16.7 Å². The number of pyridine rings is 1. The number of nitrogens with zero attached hydrogens (tertiary/aromatic N) is 4. The average Bonchev–Trinajstić information content (AvgIpc) is 3.43. The van der Waals surface area contributed by atoms with Gasteiger partial charge in [0.2, 0.25) is 0 Å². The third kappa shape index (κ3) is 2.22.